The molecular weight excluding hydrogens is 412 g/mol. The van der Waals surface area contributed by atoms with Crippen molar-refractivity contribution in [2.24, 2.45) is 11.3 Å². The molecule has 4 heterocycles. The lowest BCUT2D eigenvalue weighted by Crippen LogP contribution is -2.60. The van der Waals surface area contributed by atoms with Crippen LogP contribution in [0.25, 0.3) is 10.8 Å². The van der Waals surface area contributed by atoms with Gasteiger partial charge in [0, 0.05) is 43.4 Å². The lowest BCUT2D eigenvalue weighted by molar-refractivity contribution is -0.140. The van der Waals surface area contributed by atoms with Crippen LogP contribution >= 0.6 is 11.3 Å². The van der Waals surface area contributed by atoms with Gasteiger partial charge in [-0.1, -0.05) is 0 Å². The van der Waals surface area contributed by atoms with Crippen molar-refractivity contribution in [3.63, 3.8) is 0 Å². The normalized spacial score (nSPS) is 29.3. The van der Waals surface area contributed by atoms with Gasteiger partial charge in [0.2, 0.25) is 5.91 Å². The van der Waals surface area contributed by atoms with Crippen LogP contribution in [-0.2, 0) is 16.1 Å². The Bertz CT molecular complexity index is 887. The van der Waals surface area contributed by atoms with Crippen molar-refractivity contribution in [3.05, 3.63) is 29.5 Å². The Morgan fingerprint density at radius 2 is 2.13 bits per heavy atom. The van der Waals surface area contributed by atoms with Crippen LogP contribution in [0.15, 0.2) is 23.8 Å². The first-order valence-corrected chi connectivity index (χ1v) is 12.2. The molecule has 3 atom stereocenters. The van der Waals surface area contributed by atoms with Crippen molar-refractivity contribution in [1.29, 1.82) is 0 Å². The van der Waals surface area contributed by atoms with Gasteiger partial charge in [0.15, 0.2) is 10.8 Å². The van der Waals surface area contributed by atoms with Crippen LogP contribution in [0.1, 0.15) is 31.4 Å². The first kappa shape index (κ1) is 20.9. The number of morpholine rings is 1. The van der Waals surface area contributed by atoms with Crippen LogP contribution in [0.4, 0.5) is 0 Å². The Morgan fingerprint density at radius 1 is 1.29 bits per heavy atom. The molecule has 1 saturated carbocycles. The quantitative estimate of drug-likeness (QED) is 0.728. The first-order valence-electron chi connectivity index (χ1n) is 11.3. The summed E-state index contributed by atoms with van der Waals surface area (Å²) in [5, 5.41) is 9.47. The van der Waals surface area contributed by atoms with Gasteiger partial charge in [-0.2, -0.15) is 0 Å². The number of aromatic nitrogens is 3. The molecule has 2 aliphatic heterocycles. The van der Waals surface area contributed by atoms with Crippen molar-refractivity contribution in [2.75, 3.05) is 39.4 Å². The van der Waals surface area contributed by atoms with Gasteiger partial charge in [-0.25, -0.2) is 15.0 Å². The van der Waals surface area contributed by atoms with Crippen molar-refractivity contribution in [2.45, 2.75) is 38.3 Å². The minimum absolute atomic E-state index is 0.177. The van der Waals surface area contributed by atoms with E-state index in [2.05, 4.69) is 30.5 Å². The highest BCUT2D eigenvalue weighted by molar-refractivity contribution is 7.13. The smallest absolute Gasteiger partial charge is 0.228 e. The standard InChI is InChI=1S/C22H30N6O2S/c29-21(26-13-17-14-31-20(27-17)19-24-5-1-6-25-19)22-4-2-18(28-8-10-30-11-9-28)12-16(22)3-7-23-15-22/h1,5-6,14,16,18,23H,2-4,7-13,15H2,(H,26,29)/t16-,18-,22-/m1/s1. The van der Waals surface area contributed by atoms with Gasteiger partial charge in [-0.05, 0) is 44.2 Å². The number of piperidine rings is 1. The number of rotatable bonds is 5. The number of carbonyl (C=O) groups excluding carboxylic acids is 1. The average molecular weight is 443 g/mol. The maximum atomic E-state index is 13.5. The summed E-state index contributed by atoms with van der Waals surface area (Å²) in [6.45, 7) is 5.93. The number of nitrogens with one attached hydrogen (secondary N) is 2. The highest BCUT2D eigenvalue weighted by atomic mass is 32.1. The Hall–Kier alpha value is -1.94. The van der Waals surface area contributed by atoms with Gasteiger partial charge in [0.25, 0.3) is 0 Å². The van der Waals surface area contributed by atoms with Crippen molar-refractivity contribution in [1.82, 2.24) is 30.5 Å². The minimum Gasteiger partial charge on any atom is -0.379 e. The summed E-state index contributed by atoms with van der Waals surface area (Å²) in [5.41, 5.74) is 0.558. The fourth-order valence-electron chi connectivity index (χ4n) is 5.42. The number of amides is 1. The van der Waals surface area contributed by atoms with Gasteiger partial charge >= 0.3 is 0 Å². The van der Waals surface area contributed by atoms with E-state index in [4.69, 9.17) is 4.74 Å². The molecule has 1 aliphatic carbocycles. The van der Waals surface area contributed by atoms with Crippen LogP contribution in [0.5, 0.6) is 0 Å². The molecule has 2 saturated heterocycles. The molecular formula is C22H30N6O2S. The van der Waals surface area contributed by atoms with Crippen LogP contribution in [-0.4, -0.2) is 71.2 Å². The summed E-state index contributed by atoms with van der Waals surface area (Å²) in [5.74, 6) is 1.23. The molecule has 8 nitrogen and oxygen atoms in total. The SMILES string of the molecule is O=C(NCc1csc(-c2ncccn2)n1)[C@@]12CC[C@@H](N3CCOCC3)C[C@H]1CCNC2. The van der Waals surface area contributed by atoms with Crippen LogP contribution in [0.2, 0.25) is 0 Å². The van der Waals surface area contributed by atoms with E-state index >= 15 is 0 Å². The molecule has 3 fully saturated rings. The third kappa shape index (κ3) is 4.37. The number of hydrogen-bond donors (Lipinski definition) is 2. The fraction of sp³-hybridized carbons (Fsp3) is 0.636. The Balaban J connectivity index is 1.23. The fourth-order valence-corrected chi connectivity index (χ4v) is 6.18. The Labute approximate surface area is 186 Å². The molecule has 0 unspecified atom stereocenters. The topological polar surface area (TPSA) is 92.3 Å². The monoisotopic (exact) mass is 442 g/mol. The minimum atomic E-state index is -0.303. The third-order valence-corrected chi connectivity index (χ3v) is 8.01. The molecule has 3 aliphatic rings. The zero-order valence-electron chi connectivity index (χ0n) is 17.8. The van der Waals surface area contributed by atoms with Gasteiger partial charge in [-0.3, -0.25) is 9.69 Å². The molecule has 166 valence electrons. The summed E-state index contributed by atoms with van der Waals surface area (Å²) in [4.78, 5) is 29.2. The summed E-state index contributed by atoms with van der Waals surface area (Å²) < 4.78 is 5.53. The highest BCUT2D eigenvalue weighted by Gasteiger charge is 2.50. The van der Waals surface area contributed by atoms with Crippen LogP contribution in [0, 0.1) is 11.3 Å². The second kappa shape index (κ2) is 9.28. The van der Waals surface area contributed by atoms with Crippen LogP contribution < -0.4 is 10.6 Å². The molecule has 31 heavy (non-hydrogen) atoms. The largest absolute Gasteiger partial charge is 0.379 e. The summed E-state index contributed by atoms with van der Waals surface area (Å²) in [6, 6.07) is 2.37. The van der Waals surface area contributed by atoms with E-state index < -0.39 is 0 Å². The number of nitrogens with zero attached hydrogens (tertiary/aromatic N) is 4. The molecule has 0 radical (unpaired) electrons. The summed E-state index contributed by atoms with van der Waals surface area (Å²) >= 11 is 1.51. The summed E-state index contributed by atoms with van der Waals surface area (Å²) in [6.07, 6.45) is 7.64. The van der Waals surface area contributed by atoms with Crippen LogP contribution in [0.3, 0.4) is 0 Å². The van der Waals surface area contributed by atoms with E-state index in [9.17, 15) is 4.79 Å². The Morgan fingerprint density at radius 3 is 2.97 bits per heavy atom. The number of thiazole rings is 1. The number of hydrogen-bond acceptors (Lipinski definition) is 8. The molecule has 2 aromatic heterocycles. The third-order valence-electron chi connectivity index (χ3n) is 7.12. The predicted molar refractivity (Wildman–Crippen MR) is 118 cm³/mol. The molecule has 0 spiro atoms. The number of ether oxygens (including phenoxy) is 1. The summed E-state index contributed by atoms with van der Waals surface area (Å²) in [7, 11) is 0. The van der Waals surface area contributed by atoms with E-state index in [1.165, 1.54) is 11.3 Å². The zero-order chi connectivity index (χ0) is 21.1. The predicted octanol–water partition coefficient (Wildman–Crippen LogP) is 1.70. The highest BCUT2D eigenvalue weighted by Crippen LogP contribution is 2.46. The number of fused-ring (bicyclic) bond motifs is 1. The lowest BCUT2D eigenvalue weighted by Gasteiger charge is -2.50. The van der Waals surface area contributed by atoms with E-state index in [1.54, 1.807) is 18.5 Å². The van der Waals surface area contributed by atoms with Crippen molar-refractivity contribution < 1.29 is 9.53 Å². The zero-order valence-corrected chi connectivity index (χ0v) is 18.6. The van der Waals surface area contributed by atoms with Crippen molar-refractivity contribution in [3.8, 4) is 10.8 Å². The van der Waals surface area contributed by atoms with Gasteiger partial charge < -0.3 is 15.4 Å². The molecule has 5 rings (SSSR count). The molecule has 0 aromatic carbocycles. The molecule has 1 amide bonds. The van der Waals surface area contributed by atoms with E-state index in [0.29, 0.717) is 24.3 Å². The first-order chi connectivity index (χ1) is 15.2. The molecule has 2 aromatic rings. The average Bonchev–Trinajstić information content (AvgIpc) is 3.32. The van der Waals surface area contributed by atoms with Gasteiger partial charge in [-0.15, -0.1) is 11.3 Å². The lowest BCUT2D eigenvalue weighted by atomic mass is 9.61. The maximum absolute atomic E-state index is 13.5. The number of carbonyl (C=O) groups is 1. The second-order valence-electron chi connectivity index (χ2n) is 8.79. The Kier molecular flexibility index (Phi) is 6.27. The van der Waals surface area contributed by atoms with E-state index in [-0.39, 0.29) is 11.3 Å². The van der Waals surface area contributed by atoms with E-state index in [1.807, 2.05) is 5.38 Å². The van der Waals surface area contributed by atoms with E-state index in [0.717, 1.165) is 75.8 Å². The maximum Gasteiger partial charge on any atom is 0.228 e. The molecule has 9 heteroatoms. The molecule has 2 N–H and O–H groups in total. The van der Waals surface area contributed by atoms with Gasteiger partial charge in [0.05, 0.1) is 30.9 Å². The van der Waals surface area contributed by atoms with Crippen molar-refractivity contribution >= 4 is 17.2 Å². The second-order valence-corrected chi connectivity index (χ2v) is 9.65. The van der Waals surface area contributed by atoms with Gasteiger partial charge in [0.1, 0.15) is 0 Å². The molecule has 0 bridgehead atoms.